The maximum atomic E-state index is 12.1. The number of hydrogen-bond donors (Lipinski definition) is 3. The second kappa shape index (κ2) is 9.84. The van der Waals surface area contributed by atoms with Gasteiger partial charge in [-0.3, -0.25) is 14.9 Å². The fourth-order valence-corrected chi connectivity index (χ4v) is 2.62. The summed E-state index contributed by atoms with van der Waals surface area (Å²) >= 11 is 5.17. The van der Waals surface area contributed by atoms with E-state index < -0.39 is 0 Å². The van der Waals surface area contributed by atoms with Gasteiger partial charge in [0.2, 0.25) is 5.91 Å². The van der Waals surface area contributed by atoms with Crippen molar-refractivity contribution < 1.29 is 14.3 Å². The average molecular weight is 412 g/mol. The first-order valence-electron chi connectivity index (χ1n) is 9.03. The number of para-hydroxylation sites is 1. The van der Waals surface area contributed by atoms with Crippen LogP contribution in [-0.4, -0.2) is 29.6 Å². The van der Waals surface area contributed by atoms with Gasteiger partial charge in [-0.05, 0) is 69.4 Å². The number of benzene rings is 2. The zero-order chi connectivity index (χ0) is 21.4. The molecule has 0 radical (unpaired) electrons. The molecular weight excluding hydrogens is 386 g/mol. The van der Waals surface area contributed by atoms with Gasteiger partial charge in [0.1, 0.15) is 5.75 Å². The number of carbonyl (C=O) groups excluding carboxylic acids is 2. The summed E-state index contributed by atoms with van der Waals surface area (Å²) in [6, 6.07) is 14.2. The third kappa shape index (κ3) is 7.38. The molecule has 0 fully saturated rings. The van der Waals surface area contributed by atoms with Gasteiger partial charge in [0.25, 0.3) is 5.91 Å². The highest BCUT2D eigenvalue weighted by atomic mass is 32.1. The van der Waals surface area contributed by atoms with Crippen LogP contribution < -0.4 is 20.7 Å². The Kier molecular flexibility index (Phi) is 7.50. The van der Waals surface area contributed by atoms with E-state index in [4.69, 9.17) is 17.0 Å². The molecule has 0 atom stereocenters. The molecule has 3 N–H and O–H groups in total. The smallest absolute Gasteiger partial charge is 0.251 e. The van der Waals surface area contributed by atoms with Crippen molar-refractivity contribution in [1.29, 1.82) is 0 Å². The summed E-state index contributed by atoms with van der Waals surface area (Å²) in [5.41, 5.74) is 1.68. The lowest BCUT2D eigenvalue weighted by Gasteiger charge is -2.20. The van der Waals surface area contributed by atoms with Crippen LogP contribution in [0.25, 0.3) is 6.08 Å². The van der Waals surface area contributed by atoms with Gasteiger partial charge in [-0.25, -0.2) is 0 Å². The molecule has 0 saturated carbocycles. The number of amides is 2. The number of hydrogen-bond acceptors (Lipinski definition) is 4. The molecule has 2 amide bonds. The second-order valence-corrected chi connectivity index (χ2v) is 7.71. The second-order valence-electron chi connectivity index (χ2n) is 7.30. The van der Waals surface area contributed by atoms with E-state index >= 15 is 0 Å². The van der Waals surface area contributed by atoms with Crippen molar-refractivity contribution in [2.75, 3.05) is 12.4 Å². The topological polar surface area (TPSA) is 79.5 Å². The van der Waals surface area contributed by atoms with Crippen molar-refractivity contribution in [1.82, 2.24) is 10.6 Å². The normalized spacial score (nSPS) is 11.0. The van der Waals surface area contributed by atoms with Crippen molar-refractivity contribution >= 4 is 40.9 Å². The number of ether oxygens (including phenoxy) is 1. The number of nitrogens with one attached hydrogen (secondary N) is 3. The van der Waals surface area contributed by atoms with Gasteiger partial charge in [-0.1, -0.05) is 18.2 Å². The van der Waals surface area contributed by atoms with Crippen LogP contribution in [0.1, 0.15) is 36.7 Å². The summed E-state index contributed by atoms with van der Waals surface area (Å²) in [6.45, 7) is 5.76. The van der Waals surface area contributed by atoms with E-state index in [2.05, 4.69) is 16.0 Å². The molecule has 7 heteroatoms. The lowest BCUT2D eigenvalue weighted by Crippen LogP contribution is -2.40. The largest absolute Gasteiger partial charge is 0.496 e. The summed E-state index contributed by atoms with van der Waals surface area (Å²) in [7, 11) is 1.57. The quantitative estimate of drug-likeness (QED) is 0.516. The Bertz CT molecular complexity index is 916. The Balaban J connectivity index is 1.91. The third-order valence-electron chi connectivity index (χ3n) is 3.68. The van der Waals surface area contributed by atoms with Crippen LogP contribution >= 0.6 is 12.2 Å². The van der Waals surface area contributed by atoms with E-state index in [1.165, 1.54) is 6.08 Å². The first-order valence-corrected chi connectivity index (χ1v) is 9.44. The minimum absolute atomic E-state index is 0.151. The molecule has 0 spiro atoms. The van der Waals surface area contributed by atoms with Gasteiger partial charge in [-0.2, -0.15) is 0 Å². The highest BCUT2D eigenvalue weighted by Crippen LogP contribution is 2.18. The van der Waals surface area contributed by atoms with E-state index in [1.54, 1.807) is 37.5 Å². The summed E-state index contributed by atoms with van der Waals surface area (Å²) in [4.78, 5) is 24.2. The van der Waals surface area contributed by atoms with E-state index in [9.17, 15) is 9.59 Å². The first-order chi connectivity index (χ1) is 13.7. The maximum absolute atomic E-state index is 12.1. The fraction of sp³-hybridized carbons (Fsp3) is 0.227. The molecular formula is C22H25N3O3S. The fourth-order valence-electron chi connectivity index (χ4n) is 2.40. The number of anilines is 1. The van der Waals surface area contributed by atoms with Gasteiger partial charge >= 0.3 is 0 Å². The van der Waals surface area contributed by atoms with Gasteiger partial charge in [-0.15, -0.1) is 0 Å². The summed E-state index contributed by atoms with van der Waals surface area (Å²) < 4.78 is 5.24. The SMILES string of the molecule is COc1ccccc1/C=C/C(=O)NC(=S)Nc1ccc(C(=O)NC(C)(C)C)cc1. The lowest BCUT2D eigenvalue weighted by atomic mass is 10.1. The molecule has 0 unspecified atom stereocenters. The van der Waals surface area contributed by atoms with Gasteiger partial charge in [0.05, 0.1) is 7.11 Å². The number of rotatable bonds is 5. The Morgan fingerprint density at radius 1 is 1.03 bits per heavy atom. The molecule has 0 aromatic heterocycles. The van der Waals surface area contributed by atoms with E-state index in [0.717, 1.165) is 5.56 Å². The van der Waals surface area contributed by atoms with Crippen LogP contribution in [0.15, 0.2) is 54.6 Å². The van der Waals surface area contributed by atoms with Crippen molar-refractivity contribution in [2.45, 2.75) is 26.3 Å². The van der Waals surface area contributed by atoms with Gasteiger partial charge in [0.15, 0.2) is 5.11 Å². The van der Waals surface area contributed by atoms with Crippen LogP contribution in [0, 0.1) is 0 Å². The molecule has 0 aliphatic rings. The van der Waals surface area contributed by atoms with Crippen molar-refractivity contribution in [2.24, 2.45) is 0 Å². The van der Waals surface area contributed by atoms with E-state index in [0.29, 0.717) is 17.0 Å². The van der Waals surface area contributed by atoms with E-state index in [1.807, 2.05) is 45.0 Å². The molecule has 2 rings (SSSR count). The maximum Gasteiger partial charge on any atom is 0.251 e. The van der Waals surface area contributed by atoms with Gasteiger partial charge < -0.3 is 15.4 Å². The molecule has 29 heavy (non-hydrogen) atoms. The number of carbonyl (C=O) groups is 2. The minimum Gasteiger partial charge on any atom is -0.496 e. The van der Waals surface area contributed by atoms with Crippen LogP contribution in [0.4, 0.5) is 5.69 Å². The standard InChI is InChI=1S/C22H25N3O3S/c1-22(2,3)25-20(27)16-9-12-17(13-10-16)23-21(29)24-19(26)14-11-15-7-5-6-8-18(15)28-4/h5-14H,1-4H3,(H,25,27)(H2,23,24,26,29)/b14-11+. The predicted octanol–water partition coefficient (Wildman–Crippen LogP) is 3.75. The molecule has 0 saturated heterocycles. The molecule has 2 aromatic carbocycles. The Morgan fingerprint density at radius 3 is 2.31 bits per heavy atom. The van der Waals surface area contributed by atoms with Crippen LogP contribution in [-0.2, 0) is 4.79 Å². The van der Waals surface area contributed by atoms with Crippen LogP contribution in [0.2, 0.25) is 0 Å². The molecule has 0 heterocycles. The zero-order valence-corrected chi connectivity index (χ0v) is 17.7. The molecule has 6 nitrogen and oxygen atoms in total. The lowest BCUT2D eigenvalue weighted by molar-refractivity contribution is -0.115. The molecule has 2 aromatic rings. The van der Waals surface area contributed by atoms with Crippen molar-refractivity contribution in [3.8, 4) is 5.75 Å². The molecule has 0 bridgehead atoms. The summed E-state index contributed by atoms with van der Waals surface area (Å²) in [6.07, 6.45) is 3.03. The number of thiocarbonyl (C=S) groups is 1. The molecule has 0 aliphatic heterocycles. The summed E-state index contributed by atoms with van der Waals surface area (Å²) in [5, 5.41) is 8.55. The highest BCUT2D eigenvalue weighted by molar-refractivity contribution is 7.80. The molecule has 152 valence electrons. The van der Waals surface area contributed by atoms with E-state index in [-0.39, 0.29) is 22.5 Å². The van der Waals surface area contributed by atoms with Crippen LogP contribution in [0.3, 0.4) is 0 Å². The van der Waals surface area contributed by atoms with Crippen molar-refractivity contribution in [3.05, 3.63) is 65.7 Å². The Labute approximate surface area is 176 Å². The first kappa shape index (κ1) is 22.1. The predicted molar refractivity (Wildman–Crippen MR) is 120 cm³/mol. The average Bonchev–Trinajstić information content (AvgIpc) is 2.65. The van der Waals surface area contributed by atoms with Gasteiger partial charge in [0, 0.05) is 28.4 Å². The highest BCUT2D eigenvalue weighted by Gasteiger charge is 2.15. The summed E-state index contributed by atoms with van der Waals surface area (Å²) in [5.74, 6) is 0.156. The minimum atomic E-state index is -0.366. The van der Waals surface area contributed by atoms with Crippen LogP contribution in [0.5, 0.6) is 5.75 Å². The monoisotopic (exact) mass is 411 g/mol. The van der Waals surface area contributed by atoms with Crippen molar-refractivity contribution in [3.63, 3.8) is 0 Å². The number of methoxy groups -OCH3 is 1. The Morgan fingerprint density at radius 2 is 1.69 bits per heavy atom. The zero-order valence-electron chi connectivity index (χ0n) is 16.9. The Hall–Kier alpha value is -3.19. The third-order valence-corrected chi connectivity index (χ3v) is 3.89. The molecule has 0 aliphatic carbocycles.